The van der Waals surface area contributed by atoms with Gasteiger partial charge in [-0.1, -0.05) is 6.92 Å². The molecule has 0 bridgehead atoms. The van der Waals surface area contributed by atoms with E-state index in [0.717, 1.165) is 17.7 Å². The molecule has 1 aromatic heterocycles. The van der Waals surface area contributed by atoms with Gasteiger partial charge < -0.3 is 4.90 Å². The summed E-state index contributed by atoms with van der Waals surface area (Å²) in [4.78, 5) is 17.4. The number of nitrogens with zero attached hydrogens (tertiary/aromatic N) is 2. The molecular formula is C10H12N2O. The minimum absolute atomic E-state index is 0.0844. The number of hydrogen-bond donors (Lipinski definition) is 0. The van der Waals surface area contributed by atoms with Crippen molar-refractivity contribution in [1.82, 2.24) is 9.88 Å². The summed E-state index contributed by atoms with van der Waals surface area (Å²) in [7, 11) is 1.83. The molecule has 2 heterocycles. The number of hydrogen-bond acceptors (Lipinski definition) is 2. The molecule has 0 saturated carbocycles. The van der Waals surface area contributed by atoms with Crippen LogP contribution in [0, 0.1) is 0 Å². The van der Waals surface area contributed by atoms with Crippen LogP contribution in [0.1, 0.15) is 28.8 Å². The van der Waals surface area contributed by atoms with E-state index in [1.807, 2.05) is 13.1 Å². The first-order valence-electron chi connectivity index (χ1n) is 4.39. The molecule has 2 rings (SSSR count). The molecule has 1 aliphatic rings. The quantitative estimate of drug-likeness (QED) is 0.596. The van der Waals surface area contributed by atoms with Crippen molar-refractivity contribution < 1.29 is 4.79 Å². The number of carbonyl (C=O) groups excluding carboxylic acids is 1. The Morgan fingerprint density at radius 1 is 1.62 bits per heavy atom. The normalized spacial score (nSPS) is 21.5. The molecule has 0 N–H and O–H groups in total. The van der Waals surface area contributed by atoms with E-state index in [1.54, 1.807) is 17.3 Å². The Hall–Kier alpha value is -1.38. The summed E-state index contributed by atoms with van der Waals surface area (Å²) >= 11 is 0. The topological polar surface area (TPSA) is 33.2 Å². The van der Waals surface area contributed by atoms with Crippen molar-refractivity contribution in [2.45, 2.75) is 12.8 Å². The summed E-state index contributed by atoms with van der Waals surface area (Å²) in [5.74, 6) is 0.502. The maximum absolute atomic E-state index is 11.6. The monoisotopic (exact) mass is 176 g/mol. The third-order valence-electron chi connectivity index (χ3n) is 2.51. The van der Waals surface area contributed by atoms with Gasteiger partial charge in [0, 0.05) is 26.0 Å². The second-order valence-corrected chi connectivity index (χ2v) is 3.55. The van der Waals surface area contributed by atoms with Gasteiger partial charge in [0.05, 0.1) is 5.56 Å². The zero-order chi connectivity index (χ0) is 9.42. The summed E-state index contributed by atoms with van der Waals surface area (Å²) in [5, 5.41) is 0. The van der Waals surface area contributed by atoms with Gasteiger partial charge in [0.1, 0.15) is 0 Å². The van der Waals surface area contributed by atoms with E-state index in [0.29, 0.717) is 5.92 Å². The number of pyridine rings is 1. The second-order valence-electron chi connectivity index (χ2n) is 3.55. The molecule has 1 aromatic rings. The number of carbonyl (C=O) groups is 1. The van der Waals surface area contributed by atoms with Gasteiger partial charge in [-0.15, -0.1) is 0 Å². The van der Waals surface area contributed by atoms with Crippen LogP contribution in [-0.2, 0) is 0 Å². The number of amides is 1. The molecule has 0 radical (unpaired) electrons. The van der Waals surface area contributed by atoms with Crippen LogP contribution in [0.5, 0.6) is 0 Å². The molecule has 1 atom stereocenters. The molecule has 0 saturated heterocycles. The van der Waals surface area contributed by atoms with Gasteiger partial charge in [-0.2, -0.15) is 0 Å². The van der Waals surface area contributed by atoms with Gasteiger partial charge in [0.15, 0.2) is 0 Å². The number of likely N-dealkylation sites (N-methyl/N-ethyl adjacent to an activating group) is 1. The molecule has 0 aromatic carbocycles. The molecule has 3 nitrogen and oxygen atoms in total. The van der Waals surface area contributed by atoms with Gasteiger partial charge in [-0.3, -0.25) is 9.78 Å². The third-order valence-corrected chi connectivity index (χ3v) is 2.51. The lowest BCUT2D eigenvalue weighted by Gasteiger charge is -2.29. The first-order chi connectivity index (χ1) is 6.20. The molecule has 0 spiro atoms. The smallest absolute Gasteiger partial charge is 0.255 e. The highest BCUT2D eigenvalue weighted by molar-refractivity contribution is 5.96. The third kappa shape index (κ3) is 1.20. The van der Waals surface area contributed by atoms with Gasteiger partial charge in [-0.05, 0) is 17.5 Å². The Bertz CT molecular complexity index is 349. The zero-order valence-electron chi connectivity index (χ0n) is 7.82. The minimum atomic E-state index is 0.0844. The van der Waals surface area contributed by atoms with Crippen molar-refractivity contribution in [3.8, 4) is 0 Å². The predicted molar refractivity (Wildman–Crippen MR) is 49.6 cm³/mol. The van der Waals surface area contributed by atoms with Crippen molar-refractivity contribution >= 4 is 5.91 Å². The highest BCUT2D eigenvalue weighted by Crippen LogP contribution is 2.25. The average molecular weight is 176 g/mol. The molecule has 0 fully saturated rings. The van der Waals surface area contributed by atoms with Crippen molar-refractivity contribution in [1.29, 1.82) is 0 Å². The van der Waals surface area contributed by atoms with E-state index in [-0.39, 0.29) is 5.91 Å². The summed E-state index contributed by atoms with van der Waals surface area (Å²) in [5.41, 5.74) is 1.88. The van der Waals surface area contributed by atoms with Gasteiger partial charge >= 0.3 is 0 Å². The Balaban J connectivity index is 2.54. The highest BCUT2D eigenvalue weighted by Gasteiger charge is 2.25. The Morgan fingerprint density at radius 3 is 3.15 bits per heavy atom. The van der Waals surface area contributed by atoms with E-state index in [1.165, 1.54) is 0 Å². The summed E-state index contributed by atoms with van der Waals surface area (Å²) < 4.78 is 0. The molecular weight excluding hydrogens is 164 g/mol. The second kappa shape index (κ2) is 2.83. The maximum Gasteiger partial charge on any atom is 0.255 e. The van der Waals surface area contributed by atoms with E-state index < -0.39 is 0 Å². The van der Waals surface area contributed by atoms with Crippen LogP contribution in [0.15, 0.2) is 18.5 Å². The Morgan fingerprint density at radius 2 is 2.38 bits per heavy atom. The first-order valence-corrected chi connectivity index (χ1v) is 4.39. The van der Waals surface area contributed by atoms with E-state index >= 15 is 0 Å². The van der Waals surface area contributed by atoms with Crippen LogP contribution in [0.3, 0.4) is 0 Å². The lowest BCUT2D eigenvalue weighted by molar-refractivity contribution is 0.0767. The van der Waals surface area contributed by atoms with Crippen LogP contribution in [0.4, 0.5) is 0 Å². The van der Waals surface area contributed by atoms with Crippen molar-refractivity contribution in [3.05, 3.63) is 29.6 Å². The van der Waals surface area contributed by atoms with E-state index in [2.05, 4.69) is 11.9 Å². The molecule has 68 valence electrons. The van der Waals surface area contributed by atoms with Crippen LogP contribution in [-0.4, -0.2) is 29.4 Å². The highest BCUT2D eigenvalue weighted by atomic mass is 16.2. The molecule has 3 heteroatoms. The minimum Gasteiger partial charge on any atom is -0.341 e. The SMILES string of the molecule is CC1CN(C)C(=O)c2cnccc21. The van der Waals surface area contributed by atoms with Crippen LogP contribution in [0.25, 0.3) is 0 Å². The predicted octanol–water partition coefficient (Wildman–Crippen LogP) is 1.27. The van der Waals surface area contributed by atoms with E-state index in [9.17, 15) is 4.79 Å². The fourth-order valence-corrected chi connectivity index (χ4v) is 1.81. The van der Waals surface area contributed by atoms with Crippen molar-refractivity contribution in [3.63, 3.8) is 0 Å². The molecule has 1 amide bonds. The van der Waals surface area contributed by atoms with Crippen LogP contribution >= 0.6 is 0 Å². The average Bonchev–Trinajstić information content (AvgIpc) is 2.15. The summed E-state index contributed by atoms with van der Waals surface area (Å²) in [6.45, 7) is 2.93. The molecule has 13 heavy (non-hydrogen) atoms. The lowest BCUT2D eigenvalue weighted by Crippen LogP contribution is -2.36. The van der Waals surface area contributed by atoms with Crippen molar-refractivity contribution in [2.24, 2.45) is 0 Å². The summed E-state index contributed by atoms with van der Waals surface area (Å²) in [6, 6.07) is 1.94. The molecule has 0 aliphatic carbocycles. The maximum atomic E-state index is 11.6. The van der Waals surface area contributed by atoms with E-state index in [4.69, 9.17) is 0 Å². The number of aromatic nitrogens is 1. The number of fused-ring (bicyclic) bond motifs is 1. The molecule has 1 aliphatic heterocycles. The largest absolute Gasteiger partial charge is 0.341 e. The van der Waals surface area contributed by atoms with Gasteiger partial charge in [-0.25, -0.2) is 0 Å². The van der Waals surface area contributed by atoms with Crippen LogP contribution in [0.2, 0.25) is 0 Å². The lowest BCUT2D eigenvalue weighted by atomic mass is 9.93. The first kappa shape index (κ1) is 8.23. The standard InChI is InChI=1S/C10H12N2O/c1-7-6-12(2)10(13)9-5-11-4-3-8(7)9/h3-5,7H,6H2,1-2H3. The zero-order valence-corrected chi connectivity index (χ0v) is 7.82. The fraction of sp³-hybridized carbons (Fsp3) is 0.400. The Kier molecular flexibility index (Phi) is 1.79. The number of rotatable bonds is 0. The summed E-state index contributed by atoms with van der Waals surface area (Å²) in [6.07, 6.45) is 3.40. The Labute approximate surface area is 77.4 Å². The van der Waals surface area contributed by atoms with Crippen LogP contribution < -0.4 is 0 Å². The molecule has 1 unspecified atom stereocenters. The van der Waals surface area contributed by atoms with Crippen molar-refractivity contribution in [2.75, 3.05) is 13.6 Å². The van der Waals surface area contributed by atoms with Gasteiger partial charge in [0.2, 0.25) is 0 Å². The van der Waals surface area contributed by atoms with Gasteiger partial charge in [0.25, 0.3) is 5.91 Å². The fourth-order valence-electron chi connectivity index (χ4n) is 1.81.